The van der Waals surface area contributed by atoms with Gasteiger partial charge in [-0.1, -0.05) is 13.3 Å². The van der Waals surface area contributed by atoms with Crippen molar-refractivity contribution in [3.8, 4) is 0 Å². The molecule has 1 unspecified atom stereocenters. The molecule has 0 saturated carbocycles. The molecule has 7 heteroatoms. The summed E-state index contributed by atoms with van der Waals surface area (Å²) in [6, 6.07) is -0.621. The molecular weight excluding hydrogens is 242 g/mol. The van der Waals surface area contributed by atoms with Crippen LogP contribution in [0.1, 0.15) is 35.8 Å². The molecule has 6 nitrogen and oxygen atoms in total. The molecule has 17 heavy (non-hydrogen) atoms. The normalized spacial score (nSPS) is 12.2. The number of carbonyl (C=O) groups excluding carboxylic acids is 1. The summed E-state index contributed by atoms with van der Waals surface area (Å²) in [6.45, 7) is 3.51. The highest BCUT2D eigenvalue weighted by atomic mass is 32.1. The first kappa shape index (κ1) is 13.6. The third-order valence-electron chi connectivity index (χ3n) is 2.25. The quantitative estimate of drug-likeness (QED) is 0.735. The van der Waals surface area contributed by atoms with Gasteiger partial charge >= 0.3 is 5.97 Å². The van der Waals surface area contributed by atoms with Crippen LogP contribution < -0.4 is 11.1 Å². The molecule has 0 saturated heterocycles. The molecule has 1 atom stereocenters. The summed E-state index contributed by atoms with van der Waals surface area (Å²) in [6.07, 6.45) is 1.36. The SMILES string of the molecule is CCCC(N)C(=O)Nc1snc(C)c1C(=O)O. The largest absolute Gasteiger partial charge is 0.478 e. The van der Waals surface area contributed by atoms with Crippen molar-refractivity contribution in [2.75, 3.05) is 5.32 Å². The smallest absolute Gasteiger partial charge is 0.340 e. The molecule has 1 rings (SSSR count). The van der Waals surface area contributed by atoms with Crippen molar-refractivity contribution < 1.29 is 14.7 Å². The average molecular weight is 257 g/mol. The third kappa shape index (κ3) is 3.24. The van der Waals surface area contributed by atoms with Crippen molar-refractivity contribution in [2.24, 2.45) is 5.73 Å². The molecule has 0 bridgehead atoms. The van der Waals surface area contributed by atoms with Gasteiger partial charge in [-0.15, -0.1) is 0 Å². The number of carboxylic acids is 1. The lowest BCUT2D eigenvalue weighted by atomic mass is 10.1. The second-order valence-electron chi connectivity index (χ2n) is 3.66. The Morgan fingerprint density at radius 2 is 2.24 bits per heavy atom. The van der Waals surface area contributed by atoms with Crippen LogP contribution in [0.3, 0.4) is 0 Å². The molecule has 1 aromatic rings. The van der Waals surface area contributed by atoms with E-state index in [4.69, 9.17) is 10.8 Å². The Morgan fingerprint density at radius 3 is 2.76 bits per heavy atom. The van der Waals surface area contributed by atoms with Crippen LogP contribution >= 0.6 is 11.5 Å². The molecule has 94 valence electrons. The number of amides is 1. The predicted molar refractivity (Wildman–Crippen MR) is 65.3 cm³/mol. The van der Waals surface area contributed by atoms with E-state index in [2.05, 4.69) is 9.69 Å². The summed E-state index contributed by atoms with van der Waals surface area (Å²) in [5.41, 5.74) is 6.06. The highest BCUT2D eigenvalue weighted by Gasteiger charge is 2.21. The fourth-order valence-corrected chi connectivity index (χ4v) is 2.15. The number of carbonyl (C=O) groups is 2. The van der Waals surface area contributed by atoms with Gasteiger partial charge in [-0.25, -0.2) is 4.79 Å². The van der Waals surface area contributed by atoms with E-state index in [0.717, 1.165) is 18.0 Å². The lowest BCUT2D eigenvalue weighted by Crippen LogP contribution is -2.35. The number of nitrogens with one attached hydrogen (secondary N) is 1. The molecule has 0 radical (unpaired) electrons. The van der Waals surface area contributed by atoms with E-state index < -0.39 is 12.0 Å². The number of aromatic nitrogens is 1. The molecular formula is C10H15N3O3S. The number of hydrogen-bond acceptors (Lipinski definition) is 5. The molecule has 1 aromatic heterocycles. The van der Waals surface area contributed by atoms with Gasteiger partial charge in [0, 0.05) is 0 Å². The Bertz CT molecular complexity index is 430. The molecule has 0 aromatic carbocycles. The highest BCUT2D eigenvalue weighted by Crippen LogP contribution is 2.24. The standard InChI is InChI=1S/C10H15N3O3S/c1-3-4-6(11)8(14)12-9-7(10(15)16)5(2)13-17-9/h6H,3-4,11H2,1-2H3,(H,12,14)(H,15,16). The van der Waals surface area contributed by atoms with Crippen molar-refractivity contribution in [1.82, 2.24) is 4.37 Å². The zero-order valence-electron chi connectivity index (χ0n) is 9.69. The van der Waals surface area contributed by atoms with Crippen LogP contribution in [0.5, 0.6) is 0 Å². The van der Waals surface area contributed by atoms with E-state index in [1.165, 1.54) is 0 Å². The summed E-state index contributed by atoms with van der Waals surface area (Å²) >= 11 is 0.950. The number of aryl methyl sites for hydroxylation is 1. The summed E-state index contributed by atoms with van der Waals surface area (Å²) in [5, 5.41) is 11.7. The van der Waals surface area contributed by atoms with Crippen LogP contribution in [0.15, 0.2) is 0 Å². The third-order valence-corrected chi connectivity index (χ3v) is 3.10. The summed E-state index contributed by atoms with van der Waals surface area (Å²) in [4.78, 5) is 22.6. The second kappa shape index (κ2) is 5.74. The Morgan fingerprint density at radius 1 is 1.59 bits per heavy atom. The molecule has 0 spiro atoms. The van der Waals surface area contributed by atoms with Crippen molar-refractivity contribution >= 4 is 28.4 Å². The van der Waals surface area contributed by atoms with Crippen LogP contribution in [0.25, 0.3) is 0 Å². The van der Waals surface area contributed by atoms with Gasteiger partial charge < -0.3 is 16.2 Å². The fourth-order valence-electron chi connectivity index (χ4n) is 1.35. The number of carboxylic acid groups (broad SMARTS) is 1. The first-order valence-corrected chi connectivity index (χ1v) is 6.00. The predicted octanol–water partition coefficient (Wildman–Crippen LogP) is 1.22. The van der Waals surface area contributed by atoms with Gasteiger partial charge in [0.05, 0.1) is 11.7 Å². The minimum absolute atomic E-state index is 0.0343. The molecule has 1 amide bonds. The minimum atomic E-state index is -1.10. The first-order valence-electron chi connectivity index (χ1n) is 5.23. The molecule has 0 aliphatic rings. The van der Waals surface area contributed by atoms with Crippen LogP contribution in [0.4, 0.5) is 5.00 Å². The van der Waals surface area contributed by atoms with E-state index in [0.29, 0.717) is 12.1 Å². The van der Waals surface area contributed by atoms with Gasteiger partial charge in [-0.2, -0.15) is 4.37 Å². The Kier molecular flexibility index (Phi) is 4.59. The molecule has 1 heterocycles. The maximum Gasteiger partial charge on any atom is 0.340 e. The Labute approximate surface area is 103 Å². The summed E-state index contributed by atoms with van der Waals surface area (Å²) in [5.74, 6) is -1.48. The zero-order valence-corrected chi connectivity index (χ0v) is 10.5. The second-order valence-corrected chi connectivity index (χ2v) is 4.44. The Balaban J connectivity index is 2.82. The monoisotopic (exact) mass is 257 g/mol. The number of hydrogen-bond donors (Lipinski definition) is 3. The van der Waals surface area contributed by atoms with Crippen molar-refractivity contribution in [3.63, 3.8) is 0 Å². The van der Waals surface area contributed by atoms with Gasteiger partial charge in [-0.05, 0) is 24.9 Å². The van der Waals surface area contributed by atoms with Crippen LogP contribution in [-0.4, -0.2) is 27.4 Å². The molecule has 0 fully saturated rings. The first-order chi connectivity index (χ1) is 7.97. The molecule has 0 aliphatic carbocycles. The van der Waals surface area contributed by atoms with Gasteiger partial charge in [0.25, 0.3) is 0 Å². The van der Waals surface area contributed by atoms with Crippen molar-refractivity contribution in [2.45, 2.75) is 32.7 Å². The maximum atomic E-state index is 11.6. The maximum absolute atomic E-state index is 11.6. The number of anilines is 1. The van der Waals surface area contributed by atoms with Crippen molar-refractivity contribution in [3.05, 3.63) is 11.3 Å². The summed E-state index contributed by atoms with van der Waals surface area (Å²) < 4.78 is 3.90. The van der Waals surface area contributed by atoms with Gasteiger partial charge in [0.1, 0.15) is 10.6 Å². The Hall–Kier alpha value is -1.47. The average Bonchev–Trinajstić information content (AvgIpc) is 2.60. The number of nitrogens with two attached hydrogens (primary N) is 1. The topological polar surface area (TPSA) is 105 Å². The van der Waals surface area contributed by atoms with Crippen LogP contribution in [-0.2, 0) is 4.79 Å². The lowest BCUT2D eigenvalue weighted by molar-refractivity contribution is -0.117. The van der Waals surface area contributed by atoms with E-state index in [-0.39, 0.29) is 16.5 Å². The summed E-state index contributed by atoms with van der Waals surface area (Å²) in [7, 11) is 0. The van der Waals surface area contributed by atoms with Gasteiger partial charge in [-0.3, -0.25) is 4.79 Å². The number of rotatable bonds is 5. The minimum Gasteiger partial charge on any atom is -0.478 e. The van der Waals surface area contributed by atoms with E-state index in [1.54, 1.807) is 6.92 Å². The number of nitrogens with zero attached hydrogens (tertiary/aromatic N) is 1. The van der Waals surface area contributed by atoms with Gasteiger partial charge in [0.15, 0.2) is 0 Å². The van der Waals surface area contributed by atoms with E-state index in [1.807, 2.05) is 6.92 Å². The van der Waals surface area contributed by atoms with Crippen molar-refractivity contribution in [1.29, 1.82) is 0 Å². The zero-order chi connectivity index (χ0) is 13.0. The van der Waals surface area contributed by atoms with E-state index in [9.17, 15) is 9.59 Å². The molecule has 0 aliphatic heterocycles. The fraction of sp³-hybridized carbons (Fsp3) is 0.500. The molecule has 4 N–H and O–H groups in total. The highest BCUT2D eigenvalue weighted by molar-refractivity contribution is 7.11. The number of aromatic carboxylic acids is 1. The lowest BCUT2D eigenvalue weighted by Gasteiger charge is -2.09. The van der Waals surface area contributed by atoms with Gasteiger partial charge in [0.2, 0.25) is 5.91 Å². The van der Waals surface area contributed by atoms with Crippen LogP contribution in [0, 0.1) is 6.92 Å². The van der Waals surface area contributed by atoms with Crippen LogP contribution in [0.2, 0.25) is 0 Å². The van der Waals surface area contributed by atoms with E-state index >= 15 is 0 Å².